The fourth-order valence-electron chi connectivity index (χ4n) is 2.45. The third kappa shape index (κ3) is 2.55. The first-order valence-electron chi connectivity index (χ1n) is 6.82. The molecule has 0 amide bonds. The van der Waals surface area contributed by atoms with Crippen LogP contribution in [0.4, 0.5) is 0 Å². The van der Waals surface area contributed by atoms with Gasteiger partial charge < -0.3 is 9.47 Å². The zero-order valence-electron chi connectivity index (χ0n) is 12.1. The lowest BCUT2D eigenvalue weighted by Gasteiger charge is -2.19. The molecule has 0 bridgehead atoms. The Morgan fingerprint density at radius 1 is 1.14 bits per heavy atom. The van der Waals surface area contributed by atoms with E-state index in [1.165, 1.54) is 0 Å². The molecule has 106 valence electrons. The van der Waals surface area contributed by atoms with Gasteiger partial charge in [-0.2, -0.15) is 0 Å². The highest BCUT2D eigenvalue weighted by Crippen LogP contribution is 2.36. The molecule has 2 aromatic carbocycles. The Morgan fingerprint density at radius 2 is 1.90 bits per heavy atom. The van der Waals surface area contributed by atoms with Crippen molar-refractivity contribution in [2.24, 2.45) is 0 Å². The predicted molar refractivity (Wildman–Crippen MR) is 82.0 cm³/mol. The third-order valence-corrected chi connectivity index (χ3v) is 3.61. The lowest BCUT2D eigenvalue weighted by Crippen LogP contribution is -2.06. The first-order chi connectivity index (χ1) is 10.2. The molecule has 0 aromatic heterocycles. The van der Waals surface area contributed by atoms with Crippen LogP contribution in [0.5, 0.6) is 11.5 Å². The first-order valence-corrected chi connectivity index (χ1v) is 6.82. The van der Waals surface area contributed by atoms with Gasteiger partial charge in [-0.05, 0) is 42.3 Å². The minimum absolute atomic E-state index is 0.0737. The molecule has 1 heterocycles. The molecule has 1 aliphatic heterocycles. The number of carbonyl (C=O) groups excluding carboxylic acids is 1. The summed E-state index contributed by atoms with van der Waals surface area (Å²) in [6.45, 7) is 2.12. The molecule has 3 nitrogen and oxygen atoms in total. The highest BCUT2D eigenvalue weighted by molar-refractivity contribution is 5.94. The molecule has 21 heavy (non-hydrogen) atoms. The van der Waals surface area contributed by atoms with Crippen LogP contribution in [0.1, 0.15) is 28.4 Å². The SMILES string of the molecule is COc1ccc2c(c1)C(c1ccc(C(C)=O)cc1)=CCO2. The topological polar surface area (TPSA) is 35.5 Å². The van der Waals surface area contributed by atoms with Gasteiger partial charge >= 0.3 is 0 Å². The van der Waals surface area contributed by atoms with Gasteiger partial charge in [-0.15, -0.1) is 0 Å². The summed E-state index contributed by atoms with van der Waals surface area (Å²) in [5.74, 6) is 1.72. The number of carbonyl (C=O) groups is 1. The molecule has 0 N–H and O–H groups in total. The van der Waals surface area contributed by atoms with Gasteiger partial charge in [0.1, 0.15) is 18.1 Å². The molecule has 0 saturated heterocycles. The van der Waals surface area contributed by atoms with E-state index in [-0.39, 0.29) is 5.78 Å². The number of hydrogen-bond donors (Lipinski definition) is 0. The van der Waals surface area contributed by atoms with Gasteiger partial charge in [-0.25, -0.2) is 0 Å². The number of ketones is 1. The molecule has 2 aromatic rings. The number of hydrogen-bond acceptors (Lipinski definition) is 3. The highest BCUT2D eigenvalue weighted by atomic mass is 16.5. The van der Waals surface area contributed by atoms with Crippen molar-refractivity contribution in [3.63, 3.8) is 0 Å². The second-order valence-electron chi connectivity index (χ2n) is 4.92. The van der Waals surface area contributed by atoms with Crippen LogP contribution in [0.15, 0.2) is 48.5 Å². The lowest BCUT2D eigenvalue weighted by atomic mass is 9.94. The third-order valence-electron chi connectivity index (χ3n) is 3.61. The minimum Gasteiger partial charge on any atom is -0.497 e. The van der Waals surface area contributed by atoms with E-state index < -0.39 is 0 Å². The van der Waals surface area contributed by atoms with Gasteiger partial charge in [0.2, 0.25) is 0 Å². The Bertz CT molecular complexity index is 712. The van der Waals surface area contributed by atoms with Gasteiger partial charge in [0.05, 0.1) is 7.11 Å². The van der Waals surface area contributed by atoms with Crippen molar-refractivity contribution >= 4 is 11.4 Å². The maximum Gasteiger partial charge on any atom is 0.159 e. The first kappa shape index (κ1) is 13.4. The monoisotopic (exact) mass is 280 g/mol. The average Bonchev–Trinajstić information content (AvgIpc) is 2.54. The summed E-state index contributed by atoms with van der Waals surface area (Å²) in [4.78, 5) is 11.4. The van der Waals surface area contributed by atoms with E-state index >= 15 is 0 Å². The maximum atomic E-state index is 11.4. The Morgan fingerprint density at radius 3 is 2.57 bits per heavy atom. The molecular weight excluding hydrogens is 264 g/mol. The predicted octanol–water partition coefficient (Wildman–Crippen LogP) is 3.72. The van der Waals surface area contributed by atoms with Crippen LogP contribution in [0.25, 0.3) is 5.57 Å². The largest absolute Gasteiger partial charge is 0.497 e. The molecule has 0 fully saturated rings. The van der Waals surface area contributed by atoms with E-state index in [0.29, 0.717) is 6.61 Å². The average molecular weight is 280 g/mol. The zero-order chi connectivity index (χ0) is 14.8. The number of ether oxygens (including phenoxy) is 2. The van der Waals surface area contributed by atoms with Gasteiger partial charge in [0, 0.05) is 11.1 Å². The van der Waals surface area contributed by atoms with Crippen LogP contribution in [-0.2, 0) is 0 Å². The second-order valence-corrected chi connectivity index (χ2v) is 4.92. The number of methoxy groups -OCH3 is 1. The lowest BCUT2D eigenvalue weighted by molar-refractivity contribution is 0.101. The van der Waals surface area contributed by atoms with Crippen LogP contribution in [0, 0.1) is 0 Å². The van der Waals surface area contributed by atoms with Gasteiger partial charge in [0.25, 0.3) is 0 Å². The minimum atomic E-state index is 0.0737. The van der Waals surface area contributed by atoms with Crippen LogP contribution in [0.2, 0.25) is 0 Å². The van der Waals surface area contributed by atoms with Crippen LogP contribution in [0.3, 0.4) is 0 Å². The molecule has 0 unspecified atom stereocenters. The fourth-order valence-corrected chi connectivity index (χ4v) is 2.45. The number of Topliss-reactive ketones (excluding diaryl/α,β-unsaturated/α-hetero) is 1. The molecule has 0 spiro atoms. The number of benzene rings is 2. The normalized spacial score (nSPS) is 13.0. The van der Waals surface area contributed by atoms with E-state index in [2.05, 4.69) is 0 Å². The molecule has 0 saturated carbocycles. The van der Waals surface area contributed by atoms with Crippen molar-refractivity contribution in [1.29, 1.82) is 0 Å². The smallest absolute Gasteiger partial charge is 0.159 e. The van der Waals surface area contributed by atoms with E-state index in [9.17, 15) is 4.79 Å². The summed E-state index contributed by atoms with van der Waals surface area (Å²) >= 11 is 0. The van der Waals surface area contributed by atoms with Gasteiger partial charge in [-0.1, -0.05) is 24.3 Å². The summed E-state index contributed by atoms with van der Waals surface area (Å²) in [6, 6.07) is 13.4. The maximum absolute atomic E-state index is 11.4. The van der Waals surface area contributed by atoms with E-state index in [0.717, 1.165) is 33.8 Å². The molecule has 3 rings (SSSR count). The van der Waals surface area contributed by atoms with Gasteiger partial charge in [0.15, 0.2) is 5.78 Å². The number of fused-ring (bicyclic) bond motifs is 1. The van der Waals surface area contributed by atoms with E-state index in [1.54, 1.807) is 14.0 Å². The van der Waals surface area contributed by atoms with Crippen LogP contribution >= 0.6 is 0 Å². The Hall–Kier alpha value is -2.55. The van der Waals surface area contributed by atoms with Crippen molar-refractivity contribution in [2.45, 2.75) is 6.92 Å². The van der Waals surface area contributed by atoms with E-state index in [1.807, 2.05) is 48.5 Å². The van der Waals surface area contributed by atoms with Crippen molar-refractivity contribution in [1.82, 2.24) is 0 Å². The standard InChI is InChI=1S/C18H16O3/c1-12(19)13-3-5-14(6-4-13)16-9-10-21-18-8-7-15(20-2)11-17(16)18/h3-9,11H,10H2,1-2H3. The van der Waals surface area contributed by atoms with Crippen molar-refractivity contribution in [3.05, 3.63) is 65.2 Å². The van der Waals surface area contributed by atoms with Gasteiger partial charge in [-0.3, -0.25) is 4.79 Å². The summed E-state index contributed by atoms with van der Waals surface area (Å²) in [5.41, 5.74) is 3.90. The Balaban J connectivity index is 2.03. The quantitative estimate of drug-likeness (QED) is 0.804. The molecule has 0 radical (unpaired) electrons. The Labute approximate surface area is 123 Å². The molecule has 3 heteroatoms. The molecular formula is C18H16O3. The summed E-state index contributed by atoms with van der Waals surface area (Å²) in [7, 11) is 1.65. The molecule has 0 aliphatic carbocycles. The highest BCUT2D eigenvalue weighted by Gasteiger charge is 2.16. The van der Waals surface area contributed by atoms with E-state index in [4.69, 9.17) is 9.47 Å². The van der Waals surface area contributed by atoms with Crippen molar-refractivity contribution in [3.8, 4) is 11.5 Å². The Kier molecular flexibility index (Phi) is 3.48. The summed E-state index contributed by atoms with van der Waals surface area (Å²) in [5, 5.41) is 0. The second kappa shape index (κ2) is 5.44. The fraction of sp³-hybridized carbons (Fsp3) is 0.167. The summed E-state index contributed by atoms with van der Waals surface area (Å²) < 4.78 is 10.9. The van der Waals surface area contributed by atoms with Crippen LogP contribution in [-0.4, -0.2) is 19.5 Å². The van der Waals surface area contributed by atoms with Crippen molar-refractivity contribution in [2.75, 3.05) is 13.7 Å². The molecule has 1 aliphatic rings. The van der Waals surface area contributed by atoms with Crippen molar-refractivity contribution < 1.29 is 14.3 Å². The zero-order valence-corrected chi connectivity index (χ0v) is 12.1. The molecule has 0 atom stereocenters. The van der Waals surface area contributed by atoms with Crippen LogP contribution < -0.4 is 9.47 Å². The summed E-state index contributed by atoms with van der Waals surface area (Å²) in [6.07, 6.45) is 2.05. The number of rotatable bonds is 3.